The Hall–Kier alpha value is -2.01. The maximum absolute atomic E-state index is 12.0. The highest BCUT2D eigenvalue weighted by molar-refractivity contribution is 7.09. The van der Waals surface area contributed by atoms with Gasteiger partial charge < -0.3 is 14.8 Å². The molecule has 0 spiro atoms. The van der Waals surface area contributed by atoms with Gasteiger partial charge in [0, 0.05) is 11.3 Å². The third kappa shape index (κ3) is 3.36. The Morgan fingerprint density at radius 3 is 3.00 bits per heavy atom. The zero-order valence-corrected chi connectivity index (χ0v) is 12.6. The second-order valence-corrected chi connectivity index (χ2v) is 6.01. The number of fused-ring (bicyclic) bond motifs is 1. The summed E-state index contributed by atoms with van der Waals surface area (Å²) in [5.74, 6) is 1.57. The van der Waals surface area contributed by atoms with Gasteiger partial charge in [0.15, 0.2) is 11.5 Å². The Labute approximate surface area is 127 Å². The van der Waals surface area contributed by atoms with Crippen molar-refractivity contribution in [2.24, 2.45) is 0 Å². The number of carbonyl (C=O) groups is 1. The predicted molar refractivity (Wildman–Crippen MR) is 81.8 cm³/mol. The van der Waals surface area contributed by atoms with Crippen LogP contribution in [-0.2, 0) is 11.2 Å². The van der Waals surface area contributed by atoms with Crippen LogP contribution in [0, 0.1) is 0 Å². The van der Waals surface area contributed by atoms with Crippen molar-refractivity contribution in [1.82, 2.24) is 5.32 Å². The lowest BCUT2D eigenvalue weighted by Gasteiger charge is -2.14. The quantitative estimate of drug-likeness (QED) is 0.922. The SMILES string of the molecule is CC(NC(=O)CCc1cccs1)c1ccc2c(c1)OCO2. The number of hydrogen-bond donors (Lipinski definition) is 1. The van der Waals surface area contributed by atoms with E-state index in [1.54, 1.807) is 11.3 Å². The highest BCUT2D eigenvalue weighted by Crippen LogP contribution is 2.34. The number of carbonyl (C=O) groups excluding carboxylic acids is 1. The van der Waals surface area contributed by atoms with Gasteiger partial charge in [-0.15, -0.1) is 11.3 Å². The molecular formula is C16H17NO3S. The van der Waals surface area contributed by atoms with Gasteiger partial charge in [0.25, 0.3) is 0 Å². The van der Waals surface area contributed by atoms with Crippen LogP contribution in [-0.4, -0.2) is 12.7 Å². The third-order valence-electron chi connectivity index (χ3n) is 3.45. The summed E-state index contributed by atoms with van der Waals surface area (Å²) in [6.07, 6.45) is 1.30. The molecule has 0 saturated heterocycles. The fraction of sp³-hybridized carbons (Fsp3) is 0.312. The zero-order chi connectivity index (χ0) is 14.7. The maximum Gasteiger partial charge on any atom is 0.231 e. The van der Waals surface area contributed by atoms with Crippen LogP contribution in [0.2, 0.25) is 0 Å². The molecule has 0 fully saturated rings. The molecule has 3 rings (SSSR count). The normalized spacial score (nSPS) is 14.0. The summed E-state index contributed by atoms with van der Waals surface area (Å²) in [7, 11) is 0. The Morgan fingerprint density at radius 2 is 2.19 bits per heavy atom. The van der Waals surface area contributed by atoms with Gasteiger partial charge in [0.1, 0.15) is 0 Å². The fourth-order valence-corrected chi connectivity index (χ4v) is 2.98. The summed E-state index contributed by atoms with van der Waals surface area (Å²) in [6.45, 7) is 2.24. The first kappa shape index (κ1) is 13.9. The Morgan fingerprint density at radius 1 is 1.33 bits per heavy atom. The molecule has 1 aromatic carbocycles. The van der Waals surface area contributed by atoms with Crippen LogP contribution in [0.25, 0.3) is 0 Å². The molecule has 0 bridgehead atoms. The number of rotatable bonds is 5. The summed E-state index contributed by atoms with van der Waals surface area (Å²) >= 11 is 1.68. The number of amides is 1. The molecule has 1 N–H and O–H groups in total. The molecule has 2 heterocycles. The average molecular weight is 303 g/mol. The van der Waals surface area contributed by atoms with Crippen molar-refractivity contribution in [3.63, 3.8) is 0 Å². The molecular weight excluding hydrogens is 286 g/mol. The number of thiophene rings is 1. The molecule has 0 saturated carbocycles. The fourth-order valence-electron chi connectivity index (χ4n) is 2.27. The van der Waals surface area contributed by atoms with Crippen molar-refractivity contribution >= 4 is 17.2 Å². The van der Waals surface area contributed by atoms with Crippen LogP contribution < -0.4 is 14.8 Å². The van der Waals surface area contributed by atoms with Gasteiger partial charge >= 0.3 is 0 Å². The van der Waals surface area contributed by atoms with Crippen LogP contribution in [0.4, 0.5) is 0 Å². The monoisotopic (exact) mass is 303 g/mol. The third-order valence-corrected chi connectivity index (χ3v) is 4.39. The van der Waals surface area contributed by atoms with Crippen LogP contribution in [0.1, 0.15) is 29.8 Å². The molecule has 0 radical (unpaired) electrons. The minimum absolute atomic E-state index is 0.0460. The lowest BCUT2D eigenvalue weighted by atomic mass is 10.1. The Kier molecular flexibility index (Phi) is 4.10. The van der Waals surface area contributed by atoms with E-state index < -0.39 is 0 Å². The van der Waals surface area contributed by atoms with Crippen LogP contribution in [0.5, 0.6) is 11.5 Å². The standard InChI is InChI=1S/C16H17NO3S/c1-11(12-4-6-14-15(9-12)20-10-19-14)17-16(18)7-5-13-3-2-8-21-13/h2-4,6,8-9,11H,5,7,10H2,1H3,(H,17,18). The molecule has 21 heavy (non-hydrogen) atoms. The summed E-state index contributed by atoms with van der Waals surface area (Å²) in [4.78, 5) is 13.2. The molecule has 4 nitrogen and oxygen atoms in total. The van der Waals surface area contributed by atoms with Crippen molar-refractivity contribution < 1.29 is 14.3 Å². The van der Waals surface area contributed by atoms with Gasteiger partial charge in [0.2, 0.25) is 12.7 Å². The topological polar surface area (TPSA) is 47.6 Å². The van der Waals surface area contributed by atoms with Crippen molar-refractivity contribution in [3.05, 3.63) is 46.2 Å². The minimum atomic E-state index is -0.0460. The van der Waals surface area contributed by atoms with Crippen LogP contribution in [0.3, 0.4) is 0 Å². The van der Waals surface area contributed by atoms with Crippen molar-refractivity contribution in [1.29, 1.82) is 0 Å². The van der Waals surface area contributed by atoms with Crippen LogP contribution >= 0.6 is 11.3 Å². The first-order chi connectivity index (χ1) is 10.2. The molecule has 110 valence electrons. The first-order valence-corrected chi connectivity index (χ1v) is 7.81. The van der Waals surface area contributed by atoms with Gasteiger partial charge in [0.05, 0.1) is 6.04 Å². The van der Waals surface area contributed by atoms with E-state index in [0.29, 0.717) is 6.42 Å². The van der Waals surface area contributed by atoms with Gasteiger partial charge in [-0.3, -0.25) is 4.79 Å². The number of hydrogen-bond acceptors (Lipinski definition) is 4. The summed E-state index contributed by atoms with van der Waals surface area (Å²) in [6, 6.07) is 9.78. The number of aryl methyl sites for hydroxylation is 1. The van der Waals surface area contributed by atoms with Gasteiger partial charge in [-0.25, -0.2) is 0 Å². The summed E-state index contributed by atoms with van der Waals surface area (Å²) in [5.41, 5.74) is 1.02. The van der Waals surface area contributed by atoms with Gasteiger partial charge in [-0.1, -0.05) is 12.1 Å². The van der Waals surface area contributed by atoms with Gasteiger partial charge in [-0.05, 0) is 42.5 Å². The van der Waals surface area contributed by atoms with E-state index in [9.17, 15) is 4.79 Å². The second kappa shape index (κ2) is 6.18. The van der Waals surface area contributed by atoms with E-state index in [1.165, 1.54) is 4.88 Å². The molecule has 0 aliphatic carbocycles. The van der Waals surface area contributed by atoms with Gasteiger partial charge in [-0.2, -0.15) is 0 Å². The van der Waals surface area contributed by atoms with E-state index in [4.69, 9.17) is 9.47 Å². The number of benzene rings is 1. The van der Waals surface area contributed by atoms with Crippen molar-refractivity contribution in [2.75, 3.05) is 6.79 Å². The molecule has 1 unspecified atom stereocenters. The minimum Gasteiger partial charge on any atom is -0.454 e. The second-order valence-electron chi connectivity index (χ2n) is 4.98. The molecule has 2 aromatic rings. The number of nitrogens with one attached hydrogen (secondary N) is 1. The molecule has 5 heteroatoms. The lowest BCUT2D eigenvalue weighted by Crippen LogP contribution is -2.26. The highest BCUT2D eigenvalue weighted by Gasteiger charge is 2.16. The summed E-state index contributed by atoms with van der Waals surface area (Å²) in [5, 5.41) is 5.05. The van der Waals surface area contributed by atoms with E-state index in [-0.39, 0.29) is 18.7 Å². The van der Waals surface area contributed by atoms with Crippen molar-refractivity contribution in [2.45, 2.75) is 25.8 Å². The smallest absolute Gasteiger partial charge is 0.231 e. The molecule has 1 aliphatic heterocycles. The van der Waals surface area contributed by atoms with E-state index in [1.807, 2.05) is 36.6 Å². The maximum atomic E-state index is 12.0. The average Bonchev–Trinajstić information content (AvgIpc) is 3.15. The summed E-state index contributed by atoms with van der Waals surface area (Å²) < 4.78 is 10.6. The Balaban J connectivity index is 1.55. The molecule has 1 amide bonds. The lowest BCUT2D eigenvalue weighted by molar-refractivity contribution is -0.121. The molecule has 1 atom stereocenters. The van der Waals surface area contributed by atoms with Crippen molar-refractivity contribution in [3.8, 4) is 11.5 Å². The Bertz CT molecular complexity index is 624. The number of ether oxygens (including phenoxy) is 2. The largest absolute Gasteiger partial charge is 0.454 e. The predicted octanol–water partition coefficient (Wildman–Crippen LogP) is 3.29. The zero-order valence-electron chi connectivity index (χ0n) is 11.8. The van der Waals surface area contributed by atoms with Crippen LogP contribution in [0.15, 0.2) is 35.7 Å². The van der Waals surface area contributed by atoms with E-state index in [2.05, 4.69) is 11.4 Å². The highest BCUT2D eigenvalue weighted by atomic mass is 32.1. The molecule has 1 aromatic heterocycles. The first-order valence-electron chi connectivity index (χ1n) is 6.93. The van der Waals surface area contributed by atoms with E-state index >= 15 is 0 Å². The molecule has 1 aliphatic rings. The van der Waals surface area contributed by atoms with E-state index in [0.717, 1.165) is 23.5 Å².